The third-order valence-corrected chi connectivity index (χ3v) is 3.26. The zero-order valence-corrected chi connectivity index (χ0v) is 11.4. The monoisotopic (exact) mass is 276 g/mol. The van der Waals surface area contributed by atoms with Crippen molar-refractivity contribution in [3.05, 3.63) is 28.8 Å². The predicted molar refractivity (Wildman–Crippen MR) is 72.7 cm³/mol. The molecule has 0 saturated carbocycles. The number of nitrogens with zero attached hydrogens (tertiary/aromatic N) is 1. The SMILES string of the molecule is Cc1ccc(C)c2c1C(=O)C(=O)N2CC(=O)NCCO. The van der Waals surface area contributed by atoms with Gasteiger partial charge in [-0.15, -0.1) is 0 Å². The maximum atomic E-state index is 12.0. The summed E-state index contributed by atoms with van der Waals surface area (Å²) < 4.78 is 0. The molecular weight excluding hydrogens is 260 g/mol. The number of aliphatic hydroxyl groups excluding tert-OH is 1. The number of aryl methyl sites for hydroxylation is 2. The first-order valence-corrected chi connectivity index (χ1v) is 6.31. The maximum absolute atomic E-state index is 12.0. The third-order valence-electron chi connectivity index (χ3n) is 3.26. The summed E-state index contributed by atoms with van der Waals surface area (Å²) in [7, 11) is 0. The van der Waals surface area contributed by atoms with E-state index in [9.17, 15) is 14.4 Å². The maximum Gasteiger partial charge on any atom is 0.299 e. The van der Waals surface area contributed by atoms with Gasteiger partial charge in [-0.3, -0.25) is 19.3 Å². The van der Waals surface area contributed by atoms with Crippen molar-refractivity contribution in [1.29, 1.82) is 0 Å². The number of aliphatic hydroxyl groups is 1. The van der Waals surface area contributed by atoms with Crippen LogP contribution in [0.15, 0.2) is 12.1 Å². The predicted octanol–water partition coefficient (Wildman–Crippen LogP) is -0.0588. The second-order valence-corrected chi connectivity index (χ2v) is 4.72. The minimum Gasteiger partial charge on any atom is -0.395 e. The first-order chi connectivity index (χ1) is 9.47. The molecule has 2 amide bonds. The van der Waals surface area contributed by atoms with Crippen LogP contribution in [0.3, 0.4) is 0 Å². The summed E-state index contributed by atoms with van der Waals surface area (Å²) in [5.74, 6) is -1.67. The molecule has 0 spiro atoms. The summed E-state index contributed by atoms with van der Waals surface area (Å²) in [6.07, 6.45) is 0. The lowest BCUT2D eigenvalue weighted by Crippen LogP contribution is -2.41. The molecule has 0 radical (unpaired) electrons. The number of Topliss-reactive ketones (excluding diaryl/α,β-unsaturated/α-hetero) is 1. The molecule has 1 aliphatic rings. The Kier molecular flexibility index (Phi) is 3.85. The quantitative estimate of drug-likeness (QED) is 0.754. The fourth-order valence-corrected chi connectivity index (χ4v) is 2.31. The van der Waals surface area contributed by atoms with Crippen LogP contribution >= 0.6 is 0 Å². The lowest BCUT2D eigenvalue weighted by Gasteiger charge is -2.18. The Morgan fingerprint density at radius 3 is 2.55 bits per heavy atom. The van der Waals surface area contributed by atoms with E-state index in [0.717, 1.165) is 11.1 Å². The number of carbonyl (C=O) groups is 3. The highest BCUT2D eigenvalue weighted by Gasteiger charge is 2.38. The third kappa shape index (κ3) is 2.30. The number of fused-ring (bicyclic) bond motifs is 1. The summed E-state index contributed by atoms with van der Waals surface area (Å²) in [6.45, 7) is 3.28. The molecule has 1 aliphatic heterocycles. The Labute approximate surface area is 116 Å². The van der Waals surface area contributed by atoms with Gasteiger partial charge in [0, 0.05) is 6.54 Å². The van der Waals surface area contributed by atoms with Crippen LogP contribution in [0, 0.1) is 13.8 Å². The highest BCUT2D eigenvalue weighted by molar-refractivity contribution is 6.53. The smallest absolute Gasteiger partial charge is 0.299 e. The molecule has 2 N–H and O–H groups in total. The van der Waals surface area contributed by atoms with Crippen LogP contribution in [0.2, 0.25) is 0 Å². The van der Waals surface area contributed by atoms with E-state index in [1.807, 2.05) is 6.07 Å². The number of hydrogen-bond acceptors (Lipinski definition) is 4. The molecule has 6 nitrogen and oxygen atoms in total. The Morgan fingerprint density at radius 1 is 1.25 bits per heavy atom. The molecule has 0 aromatic heterocycles. The molecule has 0 aliphatic carbocycles. The fourth-order valence-electron chi connectivity index (χ4n) is 2.31. The summed E-state index contributed by atoms with van der Waals surface area (Å²) in [6, 6.07) is 3.60. The first-order valence-electron chi connectivity index (χ1n) is 6.31. The molecule has 20 heavy (non-hydrogen) atoms. The average Bonchev–Trinajstić information content (AvgIpc) is 2.67. The zero-order chi connectivity index (χ0) is 14.9. The van der Waals surface area contributed by atoms with Gasteiger partial charge in [-0.2, -0.15) is 0 Å². The average molecular weight is 276 g/mol. The van der Waals surface area contributed by atoms with Gasteiger partial charge in [0.1, 0.15) is 6.54 Å². The number of ketones is 1. The summed E-state index contributed by atoms with van der Waals surface area (Å²) >= 11 is 0. The minimum atomic E-state index is -0.684. The van der Waals surface area contributed by atoms with Gasteiger partial charge >= 0.3 is 0 Å². The van der Waals surface area contributed by atoms with Crippen LogP contribution in [0.5, 0.6) is 0 Å². The van der Waals surface area contributed by atoms with E-state index in [2.05, 4.69) is 5.32 Å². The lowest BCUT2D eigenvalue weighted by atomic mass is 10.0. The van der Waals surface area contributed by atoms with Crippen molar-refractivity contribution in [1.82, 2.24) is 5.32 Å². The molecule has 1 aromatic carbocycles. The Morgan fingerprint density at radius 2 is 1.90 bits per heavy atom. The Bertz CT molecular complexity index is 595. The molecule has 0 atom stereocenters. The normalized spacial score (nSPS) is 13.7. The highest BCUT2D eigenvalue weighted by atomic mass is 16.3. The van der Waals surface area contributed by atoms with Crippen LogP contribution in [0.1, 0.15) is 21.5 Å². The fraction of sp³-hybridized carbons (Fsp3) is 0.357. The Hall–Kier alpha value is -2.21. The van der Waals surface area contributed by atoms with Gasteiger partial charge in [0.15, 0.2) is 0 Å². The van der Waals surface area contributed by atoms with Crippen molar-refractivity contribution in [2.45, 2.75) is 13.8 Å². The lowest BCUT2D eigenvalue weighted by molar-refractivity contribution is -0.122. The first kappa shape index (κ1) is 14.2. The molecule has 1 aromatic rings. The van der Waals surface area contributed by atoms with E-state index in [4.69, 9.17) is 5.11 Å². The summed E-state index contributed by atoms with van der Waals surface area (Å²) in [5, 5.41) is 11.1. The molecule has 0 fully saturated rings. The number of hydrogen-bond donors (Lipinski definition) is 2. The van der Waals surface area contributed by atoms with Gasteiger partial charge < -0.3 is 10.4 Å². The zero-order valence-electron chi connectivity index (χ0n) is 11.4. The number of anilines is 1. The number of rotatable bonds is 4. The molecule has 106 valence electrons. The van der Waals surface area contributed by atoms with Gasteiger partial charge in [0.25, 0.3) is 11.7 Å². The second-order valence-electron chi connectivity index (χ2n) is 4.72. The van der Waals surface area contributed by atoms with Crippen molar-refractivity contribution < 1.29 is 19.5 Å². The second kappa shape index (κ2) is 5.42. The van der Waals surface area contributed by atoms with Crippen LogP contribution in [-0.4, -0.2) is 42.4 Å². The van der Waals surface area contributed by atoms with Gasteiger partial charge in [-0.25, -0.2) is 0 Å². The van der Waals surface area contributed by atoms with E-state index in [0.29, 0.717) is 11.3 Å². The molecular formula is C14H16N2O4. The van der Waals surface area contributed by atoms with Crippen molar-refractivity contribution in [3.8, 4) is 0 Å². The molecule has 0 bridgehead atoms. The Balaban J connectivity index is 2.34. The largest absolute Gasteiger partial charge is 0.395 e. The number of carbonyl (C=O) groups excluding carboxylic acids is 3. The molecule has 0 unspecified atom stereocenters. The van der Waals surface area contributed by atoms with Crippen molar-refractivity contribution in [3.63, 3.8) is 0 Å². The van der Waals surface area contributed by atoms with Crippen LogP contribution in [0.25, 0.3) is 0 Å². The number of nitrogens with one attached hydrogen (secondary N) is 1. The van der Waals surface area contributed by atoms with Crippen molar-refractivity contribution in [2.24, 2.45) is 0 Å². The van der Waals surface area contributed by atoms with Crippen molar-refractivity contribution >= 4 is 23.3 Å². The molecule has 0 saturated heterocycles. The minimum absolute atomic E-state index is 0.120. The molecule has 1 heterocycles. The standard InChI is InChI=1S/C14H16N2O4/c1-8-3-4-9(2)12-11(8)13(19)14(20)16(12)7-10(18)15-5-6-17/h3-4,17H,5-7H2,1-2H3,(H,15,18). The highest BCUT2D eigenvalue weighted by Crippen LogP contribution is 2.34. The van der Waals surface area contributed by atoms with Crippen LogP contribution in [0.4, 0.5) is 5.69 Å². The van der Waals surface area contributed by atoms with Crippen molar-refractivity contribution in [2.75, 3.05) is 24.6 Å². The summed E-state index contributed by atoms with van der Waals surface area (Å²) in [4.78, 5) is 36.9. The van der Waals surface area contributed by atoms with E-state index in [-0.39, 0.29) is 19.7 Å². The van der Waals surface area contributed by atoms with Crippen LogP contribution in [-0.2, 0) is 9.59 Å². The summed E-state index contributed by atoms with van der Waals surface area (Å²) in [5.41, 5.74) is 2.39. The number of benzene rings is 1. The van der Waals surface area contributed by atoms with E-state index in [1.54, 1.807) is 19.9 Å². The topological polar surface area (TPSA) is 86.7 Å². The van der Waals surface area contributed by atoms with E-state index < -0.39 is 17.6 Å². The number of amides is 2. The van der Waals surface area contributed by atoms with Gasteiger partial charge in [-0.05, 0) is 25.0 Å². The molecule has 6 heteroatoms. The van der Waals surface area contributed by atoms with Gasteiger partial charge in [0.2, 0.25) is 5.91 Å². The van der Waals surface area contributed by atoms with E-state index >= 15 is 0 Å². The molecule has 2 rings (SSSR count). The van der Waals surface area contributed by atoms with E-state index in [1.165, 1.54) is 4.90 Å². The van der Waals surface area contributed by atoms with Gasteiger partial charge in [0.05, 0.1) is 17.9 Å². The van der Waals surface area contributed by atoms with Crippen LogP contribution < -0.4 is 10.2 Å². The van der Waals surface area contributed by atoms with Gasteiger partial charge in [-0.1, -0.05) is 12.1 Å².